The maximum atomic E-state index is 12.2. The lowest BCUT2D eigenvalue weighted by Gasteiger charge is -2.18. The molecule has 1 aliphatic heterocycles. The van der Waals surface area contributed by atoms with Crippen LogP contribution in [0.3, 0.4) is 0 Å². The Bertz CT molecular complexity index is 1270. The second kappa shape index (κ2) is 9.43. The van der Waals surface area contributed by atoms with Gasteiger partial charge in [0.25, 0.3) is 0 Å². The highest BCUT2D eigenvalue weighted by atomic mass is 31.2. The number of carbonyl (C=O) groups excluding carboxylic acids is 1. The first-order valence-corrected chi connectivity index (χ1v) is 11.3. The summed E-state index contributed by atoms with van der Waals surface area (Å²) in [5, 5.41) is 13.3. The van der Waals surface area contributed by atoms with Gasteiger partial charge in [0.1, 0.15) is 12.9 Å². The Morgan fingerprint density at radius 1 is 1.32 bits per heavy atom. The minimum absolute atomic E-state index is 0.0348. The predicted octanol–water partition coefficient (Wildman–Crippen LogP) is 1.58. The average Bonchev–Trinajstić information content (AvgIpc) is 3.38. The third kappa shape index (κ3) is 5.20. The van der Waals surface area contributed by atoms with Crippen LogP contribution in [0.1, 0.15) is 18.2 Å². The predicted molar refractivity (Wildman–Crippen MR) is 114 cm³/mol. The zero-order valence-corrected chi connectivity index (χ0v) is 18.3. The fourth-order valence-corrected chi connectivity index (χ4v) is 3.77. The number of nitrogens with one attached hydrogen (secondary N) is 1. The van der Waals surface area contributed by atoms with Crippen LogP contribution in [0.25, 0.3) is 16.0 Å². The summed E-state index contributed by atoms with van der Waals surface area (Å²) in [5.74, 6) is 0.0348. The van der Waals surface area contributed by atoms with Crippen molar-refractivity contribution in [1.82, 2.24) is 19.5 Å². The van der Waals surface area contributed by atoms with Gasteiger partial charge in [0.2, 0.25) is 6.23 Å². The van der Waals surface area contributed by atoms with Crippen molar-refractivity contribution in [1.29, 1.82) is 0 Å². The molecule has 1 aromatic carbocycles. The molecule has 2 aromatic heterocycles. The van der Waals surface area contributed by atoms with Crippen molar-refractivity contribution >= 4 is 30.9 Å². The zero-order valence-electron chi connectivity index (χ0n) is 17.4. The first kappa shape index (κ1) is 23.7. The second-order valence-electron chi connectivity index (χ2n) is 7.32. The molecule has 1 aliphatic rings. The van der Waals surface area contributed by atoms with Gasteiger partial charge < -0.3 is 24.4 Å². The molecule has 0 aliphatic carbocycles. The van der Waals surface area contributed by atoms with Gasteiger partial charge >= 0.3 is 19.6 Å². The van der Waals surface area contributed by atoms with Gasteiger partial charge in [0, 0.05) is 0 Å². The Morgan fingerprint density at radius 2 is 2.09 bits per heavy atom. The lowest BCUT2D eigenvalue weighted by atomic mass is 10.1. The first-order valence-electron chi connectivity index (χ1n) is 9.80. The largest absolute Gasteiger partial charge is 0.469 e. The molecule has 0 unspecified atom stereocenters. The van der Waals surface area contributed by atoms with Crippen LogP contribution in [0.5, 0.6) is 0 Å². The van der Waals surface area contributed by atoms with E-state index in [-0.39, 0.29) is 30.0 Å². The number of fused-ring (bicyclic) bond motifs is 1. The number of rotatable bonds is 7. The smallest absolute Gasteiger partial charge is 0.444 e. The summed E-state index contributed by atoms with van der Waals surface area (Å²) in [7, 11) is -4.76. The maximum absolute atomic E-state index is 12.2. The Hall–Kier alpha value is -3.44. The molecule has 1 fully saturated rings. The van der Waals surface area contributed by atoms with Crippen molar-refractivity contribution in [2.45, 2.75) is 31.1 Å². The van der Waals surface area contributed by atoms with Crippen LogP contribution in [0.15, 0.2) is 43.0 Å². The lowest BCUT2D eigenvalue weighted by molar-refractivity contribution is -0.0739. The summed E-state index contributed by atoms with van der Waals surface area (Å²) in [4.78, 5) is 45.5. The summed E-state index contributed by atoms with van der Waals surface area (Å²) in [6.07, 6.45) is -0.957. The van der Waals surface area contributed by atoms with Gasteiger partial charge in [-0.25, -0.2) is 30.9 Å². The molecule has 15 heteroatoms. The Labute approximate surface area is 192 Å². The Kier molecular flexibility index (Phi) is 6.58. The number of imidazole rings is 1. The molecule has 1 saturated heterocycles. The lowest BCUT2D eigenvalue weighted by Crippen LogP contribution is -2.31. The van der Waals surface area contributed by atoms with Crippen LogP contribution in [0, 0.1) is 6.57 Å². The molecule has 0 saturated carbocycles. The number of amides is 1. The Morgan fingerprint density at radius 3 is 2.79 bits per heavy atom. The average molecular weight is 490 g/mol. The minimum atomic E-state index is -4.76. The van der Waals surface area contributed by atoms with Gasteiger partial charge in [-0.05, 0) is 5.56 Å². The normalized spacial score (nSPS) is 22.4. The molecule has 4 N–H and O–H groups in total. The minimum Gasteiger partial charge on any atom is -0.444 e. The number of phosphoric ester groups is 1. The molecule has 4 rings (SSSR count). The molecule has 0 bridgehead atoms. The monoisotopic (exact) mass is 490 g/mol. The van der Waals surface area contributed by atoms with E-state index < -0.39 is 38.6 Å². The van der Waals surface area contributed by atoms with Gasteiger partial charge in [0.05, 0.1) is 25.5 Å². The molecule has 0 spiro atoms. The third-order valence-corrected chi connectivity index (χ3v) is 5.40. The topological polar surface area (TPSA) is 183 Å². The Balaban J connectivity index is 1.52. The van der Waals surface area contributed by atoms with E-state index in [1.165, 1.54) is 10.9 Å². The van der Waals surface area contributed by atoms with Gasteiger partial charge in [-0.15, -0.1) is 0 Å². The molecule has 0 radical (unpaired) electrons. The number of nitrogens with zero attached hydrogens (tertiary/aromatic N) is 5. The van der Waals surface area contributed by atoms with Crippen molar-refractivity contribution in [3.8, 4) is 0 Å². The van der Waals surface area contributed by atoms with E-state index in [0.29, 0.717) is 0 Å². The van der Waals surface area contributed by atoms with Crippen LogP contribution < -0.4 is 5.32 Å². The zero-order chi connectivity index (χ0) is 24.3. The summed E-state index contributed by atoms with van der Waals surface area (Å²) >= 11 is 0. The molecule has 3 aromatic rings. The van der Waals surface area contributed by atoms with Crippen LogP contribution in [-0.2, 0) is 25.2 Å². The fraction of sp³-hybridized carbons (Fsp3) is 0.316. The number of ether oxygens (including phenoxy) is 2. The van der Waals surface area contributed by atoms with E-state index >= 15 is 0 Å². The van der Waals surface area contributed by atoms with E-state index in [1.807, 2.05) is 18.2 Å². The number of aliphatic hydroxyl groups is 1. The number of carbonyl (C=O) groups is 1. The van der Waals surface area contributed by atoms with Crippen molar-refractivity contribution in [2.24, 2.45) is 0 Å². The molecule has 3 heterocycles. The van der Waals surface area contributed by atoms with E-state index in [4.69, 9.17) is 25.8 Å². The molecule has 178 valence electrons. The number of anilines is 1. The molecular weight excluding hydrogens is 471 g/mol. The fourth-order valence-electron chi connectivity index (χ4n) is 3.41. The second-order valence-corrected chi connectivity index (χ2v) is 8.56. The van der Waals surface area contributed by atoms with Crippen molar-refractivity contribution in [3.63, 3.8) is 0 Å². The number of phosphoric acid groups is 1. The highest BCUT2D eigenvalue weighted by Crippen LogP contribution is 2.43. The van der Waals surface area contributed by atoms with E-state index in [1.54, 1.807) is 12.1 Å². The third-order valence-electron chi connectivity index (χ3n) is 4.91. The van der Waals surface area contributed by atoms with Gasteiger partial charge in [0.15, 0.2) is 17.0 Å². The van der Waals surface area contributed by atoms with Crippen LogP contribution in [0.2, 0.25) is 0 Å². The molecular formula is C19H19N6O8P. The van der Waals surface area contributed by atoms with Gasteiger partial charge in [-0.2, -0.15) is 0 Å². The summed E-state index contributed by atoms with van der Waals surface area (Å²) in [6.45, 7) is 6.90. The van der Waals surface area contributed by atoms with Crippen molar-refractivity contribution in [3.05, 3.63) is 60.0 Å². The van der Waals surface area contributed by atoms with Crippen molar-refractivity contribution < 1.29 is 38.3 Å². The number of benzene rings is 1. The number of hydrogen-bond acceptors (Lipinski definition) is 9. The first-order chi connectivity index (χ1) is 16.2. The van der Waals surface area contributed by atoms with Crippen LogP contribution in [-0.4, -0.2) is 58.9 Å². The van der Waals surface area contributed by atoms with Gasteiger partial charge in [-0.3, -0.25) is 19.3 Å². The van der Waals surface area contributed by atoms with E-state index in [2.05, 4.69) is 29.6 Å². The molecule has 1 amide bonds. The molecule has 34 heavy (non-hydrogen) atoms. The highest BCUT2D eigenvalue weighted by molar-refractivity contribution is 7.46. The van der Waals surface area contributed by atoms with E-state index in [9.17, 15) is 14.5 Å². The summed E-state index contributed by atoms with van der Waals surface area (Å²) in [5.41, 5.74) is -1.00. The van der Waals surface area contributed by atoms with Crippen LogP contribution in [0.4, 0.5) is 10.6 Å². The number of aromatic nitrogens is 4. The van der Waals surface area contributed by atoms with Crippen molar-refractivity contribution in [2.75, 3.05) is 11.9 Å². The number of hydrogen-bond donors (Lipinski definition) is 4. The standard InChI is InChI=1S/C19H19N6O8P/c1-20-19(27)7-13(9-32-34(28,29)30)33-17(19)25-11-23-14-15(21-10-22-16(14)25)24-18(26)31-8-12-5-3-2-4-6-12/h2-6,10-11,13,17,27H,7-9H2,(H2,28,29,30)(H,21,22,24,26)/t13-,17+,19-/m0/s1. The van der Waals surface area contributed by atoms with Gasteiger partial charge in [-0.1, -0.05) is 30.3 Å². The van der Waals surface area contributed by atoms with E-state index in [0.717, 1.165) is 11.9 Å². The quantitative estimate of drug-likeness (QED) is 0.279. The maximum Gasteiger partial charge on any atom is 0.469 e. The SMILES string of the molecule is [C-]#[N+][C@]1(O)C[C@@H](COP(=O)(O)O)O[C@H]1n1cnc2c(NC(=O)OCc3ccccc3)ncnc21. The molecule has 14 nitrogen and oxygen atoms in total. The highest BCUT2D eigenvalue weighted by Gasteiger charge is 2.56. The summed E-state index contributed by atoms with van der Waals surface area (Å²) in [6, 6.07) is 9.07. The molecule has 3 atom stereocenters. The summed E-state index contributed by atoms with van der Waals surface area (Å²) < 4.78 is 27.5. The van der Waals surface area contributed by atoms with Crippen LogP contribution >= 0.6 is 7.82 Å².